The molecule has 5 heteroatoms. The van der Waals surface area contributed by atoms with Crippen LogP contribution in [0.2, 0.25) is 0 Å². The Labute approximate surface area is 129 Å². The Bertz CT molecular complexity index is 666. The van der Waals surface area contributed by atoms with Gasteiger partial charge in [0.1, 0.15) is 5.82 Å². The van der Waals surface area contributed by atoms with Crippen LogP contribution < -0.4 is 0 Å². The van der Waals surface area contributed by atoms with Gasteiger partial charge < -0.3 is 0 Å². The molecular formula is C17H19FN2O2. The molecule has 0 unspecified atom stereocenters. The molecule has 1 aromatic rings. The third-order valence-electron chi connectivity index (χ3n) is 4.30. The molecule has 0 saturated carbocycles. The molecule has 0 spiro atoms. The fourth-order valence-corrected chi connectivity index (χ4v) is 3.45. The number of carbonyl (C=O) groups excluding carboxylic acids is 2. The van der Waals surface area contributed by atoms with Crippen LogP contribution in [-0.2, 0) is 9.59 Å². The fraction of sp³-hybridized carbons (Fsp3) is 0.412. The van der Waals surface area contributed by atoms with E-state index in [-0.39, 0.29) is 29.8 Å². The first-order valence-electron chi connectivity index (χ1n) is 7.51. The number of Topliss-reactive ketones (excluding diaryl/α,β-unsaturated/α-hetero) is 1. The number of hydrazine groups is 1. The number of halogens is 1. The summed E-state index contributed by atoms with van der Waals surface area (Å²) in [7, 11) is 3.59. The topological polar surface area (TPSA) is 40.6 Å². The third-order valence-corrected chi connectivity index (χ3v) is 4.30. The fourth-order valence-electron chi connectivity index (χ4n) is 3.45. The Morgan fingerprint density at radius 1 is 1.23 bits per heavy atom. The number of ketones is 1. The predicted octanol–water partition coefficient (Wildman–Crippen LogP) is 2.63. The van der Waals surface area contributed by atoms with Crippen molar-refractivity contribution >= 4 is 11.7 Å². The van der Waals surface area contributed by atoms with Crippen molar-refractivity contribution in [3.8, 4) is 0 Å². The maximum absolute atomic E-state index is 13.5. The Morgan fingerprint density at radius 2 is 2.00 bits per heavy atom. The standard InChI is InChI=1S/C17H19FN2O2/c1-19(2)20-14-7-4-8-15(21)17(14)13(10-16(20)22)11-5-3-6-12(18)9-11/h3,5-6,9,13H,4,7-8,10H2,1-2H3/t13-/m1/s1. The lowest BCUT2D eigenvalue weighted by Gasteiger charge is -2.41. The van der Waals surface area contributed by atoms with Crippen LogP contribution in [0.5, 0.6) is 0 Å². The van der Waals surface area contributed by atoms with E-state index >= 15 is 0 Å². The van der Waals surface area contributed by atoms with Crippen molar-refractivity contribution in [3.05, 3.63) is 46.9 Å². The number of allylic oxidation sites excluding steroid dienone is 2. The highest BCUT2D eigenvalue weighted by Crippen LogP contribution is 2.41. The van der Waals surface area contributed by atoms with Crippen LogP contribution in [0, 0.1) is 5.82 Å². The van der Waals surface area contributed by atoms with Gasteiger partial charge >= 0.3 is 0 Å². The smallest absolute Gasteiger partial charge is 0.242 e. The van der Waals surface area contributed by atoms with Gasteiger partial charge in [-0.1, -0.05) is 12.1 Å². The Hall–Kier alpha value is -2.01. The van der Waals surface area contributed by atoms with Gasteiger partial charge in [0, 0.05) is 44.1 Å². The molecule has 1 atom stereocenters. The second-order valence-corrected chi connectivity index (χ2v) is 6.00. The van der Waals surface area contributed by atoms with Crippen LogP contribution in [0.25, 0.3) is 0 Å². The van der Waals surface area contributed by atoms with E-state index < -0.39 is 0 Å². The third kappa shape index (κ3) is 2.46. The van der Waals surface area contributed by atoms with Gasteiger partial charge in [-0.05, 0) is 30.5 Å². The lowest BCUT2D eigenvalue weighted by atomic mass is 9.77. The van der Waals surface area contributed by atoms with Gasteiger partial charge in [0.25, 0.3) is 0 Å². The van der Waals surface area contributed by atoms with Crippen LogP contribution in [0.15, 0.2) is 35.5 Å². The molecule has 0 N–H and O–H groups in total. The average molecular weight is 302 g/mol. The van der Waals surface area contributed by atoms with Crippen LogP contribution in [-0.4, -0.2) is 35.8 Å². The minimum atomic E-state index is -0.342. The van der Waals surface area contributed by atoms with Crippen molar-refractivity contribution in [2.45, 2.75) is 31.6 Å². The zero-order valence-corrected chi connectivity index (χ0v) is 12.8. The molecule has 4 nitrogen and oxygen atoms in total. The second-order valence-electron chi connectivity index (χ2n) is 6.00. The number of amides is 1. The lowest BCUT2D eigenvalue weighted by Crippen LogP contribution is -2.47. The van der Waals surface area contributed by atoms with Gasteiger partial charge in [-0.25, -0.2) is 14.4 Å². The molecule has 1 aromatic carbocycles. The summed E-state index contributed by atoms with van der Waals surface area (Å²) in [5.41, 5.74) is 2.17. The van der Waals surface area contributed by atoms with Crippen molar-refractivity contribution in [2.24, 2.45) is 0 Å². The maximum Gasteiger partial charge on any atom is 0.242 e. The average Bonchev–Trinajstić information content (AvgIpc) is 2.46. The van der Waals surface area contributed by atoms with Gasteiger partial charge in [-0.2, -0.15) is 0 Å². The van der Waals surface area contributed by atoms with Crippen molar-refractivity contribution in [1.82, 2.24) is 10.0 Å². The molecule has 1 aliphatic heterocycles. The largest absolute Gasteiger partial charge is 0.294 e. The second kappa shape index (κ2) is 5.65. The van der Waals surface area contributed by atoms with E-state index in [2.05, 4.69) is 0 Å². The first kappa shape index (κ1) is 14.9. The Kier molecular flexibility index (Phi) is 3.83. The SMILES string of the molecule is CN(C)N1C(=O)C[C@H](c2cccc(F)c2)C2=C1CCCC2=O. The molecule has 0 saturated heterocycles. The number of nitrogens with zero attached hydrogens (tertiary/aromatic N) is 2. The van der Waals surface area contributed by atoms with Crippen molar-refractivity contribution in [1.29, 1.82) is 0 Å². The van der Waals surface area contributed by atoms with E-state index in [1.165, 1.54) is 12.1 Å². The highest BCUT2D eigenvalue weighted by Gasteiger charge is 2.39. The molecule has 0 radical (unpaired) electrons. The summed E-state index contributed by atoms with van der Waals surface area (Å²) in [5, 5.41) is 3.32. The van der Waals surface area contributed by atoms with Crippen LogP contribution >= 0.6 is 0 Å². The molecule has 3 rings (SSSR count). The summed E-state index contributed by atoms with van der Waals surface area (Å²) < 4.78 is 13.5. The molecule has 0 bridgehead atoms. The predicted molar refractivity (Wildman–Crippen MR) is 80.2 cm³/mol. The maximum atomic E-state index is 13.5. The minimum Gasteiger partial charge on any atom is -0.294 e. The molecule has 0 fully saturated rings. The molecular weight excluding hydrogens is 283 g/mol. The molecule has 1 aliphatic carbocycles. The van der Waals surface area contributed by atoms with Gasteiger partial charge in [0.15, 0.2) is 5.78 Å². The van der Waals surface area contributed by atoms with Gasteiger partial charge in [-0.15, -0.1) is 0 Å². The van der Waals surface area contributed by atoms with E-state index in [1.807, 2.05) is 0 Å². The number of benzene rings is 1. The van der Waals surface area contributed by atoms with Gasteiger partial charge in [0.05, 0.1) is 0 Å². The van der Waals surface area contributed by atoms with Crippen molar-refractivity contribution in [2.75, 3.05) is 14.1 Å². The Balaban J connectivity index is 2.13. The number of hydrogen-bond acceptors (Lipinski definition) is 3. The quantitative estimate of drug-likeness (QED) is 0.843. The van der Waals surface area contributed by atoms with E-state index in [0.29, 0.717) is 24.0 Å². The zero-order chi connectivity index (χ0) is 15.9. The van der Waals surface area contributed by atoms with E-state index in [0.717, 1.165) is 12.1 Å². The van der Waals surface area contributed by atoms with Crippen LogP contribution in [0.4, 0.5) is 4.39 Å². The summed E-state index contributed by atoms with van der Waals surface area (Å²) in [4.78, 5) is 25.0. The van der Waals surface area contributed by atoms with E-state index in [4.69, 9.17) is 0 Å². The molecule has 116 valence electrons. The minimum absolute atomic E-state index is 0.0484. The monoisotopic (exact) mass is 302 g/mol. The highest BCUT2D eigenvalue weighted by atomic mass is 19.1. The van der Waals surface area contributed by atoms with Crippen molar-refractivity contribution in [3.63, 3.8) is 0 Å². The normalized spacial score (nSPS) is 22.4. The van der Waals surface area contributed by atoms with Gasteiger partial charge in [-0.3, -0.25) is 9.59 Å². The summed E-state index contributed by atoms with van der Waals surface area (Å²) in [6.07, 6.45) is 2.16. The first-order valence-corrected chi connectivity index (χ1v) is 7.51. The summed E-state index contributed by atoms with van der Waals surface area (Å²) in [5.74, 6) is -0.643. The molecule has 22 heavy (non-hydrogen) atoms. The number of hydrogen-bond donors (Lipinski definition) is 0. The number of rotatable bonds is 2. The van der Waals surface area contributed by atoms with Crippen LogP contribution in [0.3, 0.4) is 0 Å². The molecule has 1 amide bonds. The van der Waals surface area contributed by atoms with E-state index in [9.17, 15) is 14.0 Å². The molecule has 1 heterocycles. The molecule has 0 aromatic heterocycles. The lowest BCUT2D eigenvalue weighted by molar-refractivity contribution is -0.143. The molecule has 2 aliphatic rings. The van der Waals surface area contributed by atoms with Crippen LogP contribution in [0.1, 0.15) is 37.2 Å². The summed E-state index contributed by atoms with van der Waals surface area (Å²) >= 11 is 0. The van der Waals surface area contributed by atoms with E-state index in [1.54, 1.807) is 36.2 Å². The summed E-state index contributed by atoms with van der Waals surface area (Å²) in [6, 6.07) is 6.22. The summed E-state index contributed by atoms with van der Waals surface area (Å²) in [6.45, 7) is 0. The highest BCUT2D eigenvalue weighted by molar-refractivity contribution is 6.01. The van der Waals surface area contributed by atoms with Gasteiger partial charge in [0.2, 0.25) is 5.91 Å². The van der Waals surface area contributed by atoms with Crippen molar-refractivity contribution < 1.29 is 14.0 Å². The zero-order valence-electron chi connectivity index (χ0n) is 12.8. The Morgan fingerprint density at radius 3 is 2.68 bits per heavy atom. The number of carbonyl (C=O) groups is 2. The first-order chi connectivity index (χ1) is 10.5.